The Morgan fingerprint density at radius 1 is 1.14 bits per heavy atom. The van der Waals surface area contributed by atoms with Gasteiger partial charge in [-0.2, -0.15) is 0 Å². The van der Waals surface area contributed by atoms with Gasteiger partial charge in [-0.05, 0) is 36.4 Å². The van der Waals surface area contributed by atoms with Gasteiger partial charge >= 0.3 is 0 Å². The molecule has 0 spiro atoms. The first kappa shape index (κ1) is 15.8. The van der Waals surface area contributed by atoms with Gasteiger partial charge in [-0.15, -0.1) is 11.8 Å². The summed E-state index contributed by atoms with van der Waals surface area (Å²) in [7, 11) is 0. The standard InChI is InChI=1S/C15H12ClF2NOS/c16-10-2-1-3-11(8-10)19-15(20)6-7-21-12-4-5-13(17)14(18)9-12/h1-5,8-9H,6-7H2,(H,19,20). The molecule has 110 valence electrons. The first-order valence-corrected chi connectivity index (χ1v) is 7.54. The van der Waals surface area contributed by atoms with Gasteiger partial charge in [0.1, 0.15) is 0 Å². The van der Waals surface area contributed by atoms with E-state index in [9.17, 15) is 13.6 Å². The molecule has 1 N–H and O–H groups in total. The molecule has 2 aromatic rings. The Morgan fingerprint density at radius 2 is 1.95 bits per heavy atom. The van der Waals surface area contributed by atoms with Crippen molar-refractivity contribution in [3.8, 4) is 0 Å². The van der Waals surface area contributed by atoms with E-state index in [1.165, 1.54) is 17.8 Å². The second-order valence-electron chi connectivity index (χ2n) is 4.23. The third kappa shape index (κ3) is 5.02. The minimum atomic E-state index is -0.886. The van der Waals surface area contributed by atoms with E-state index in [-0.39, 0.29) is 12.3 Å². The van der Waals surface area contributed by atoms with Crippen LogP contribution in [0.3, 0.4) is 0 Å². The number of carbonyl (C=O) groups excluding carboxylic acids is 1. The molecule has 0 radical (unpaired) electrons. The van der Waals surface area contributed by atoms with Crippen molar-refractivity contribution in [1.29, 1.82) is 0 Å². The number of rotatable bonds is 5. The maximum absolute atomic E-state index is 13.0. The fourth-order valence-corrected chi connectivity index (χ4v) is 2.68. The fraction of sp³-hybridized carbons (Fsp3) is 0.133. The Morgan fingerprint density at radius 3 is 2.67 bits per heavy atom. The first-order chi connectivity index (χ1) is 10.0. The van der Waals surface area contributed by atoms with Crippen molar-refractivity contribution in [2.75, 3.05) is 11.1 Å². The van der Waals surface area contributed by atoms with E-state index >= 15 is 0 Å². The molecule has 0 aliphatic rings. The predicted molar refractivity (Wildman–Crippen MR) is 81.8 cm³/mol. The Bertz CT molecular complexity index is 651. The molecule has 21 heavy (non-hydrogen) atoms. The molecule has 1 amide bonds. The molecule has 0 aromatic heterocycles. The SMILES string of the molecule is O=C(CCSc1ccc(F)c(F)c1)Nc1cccc(Cl)c1. The largest absolute Gasteiger partial charge is 0.326 e. The third-order valence-electron chi connectivity index (χ3n) is 2.60. The van der Waals surface area contributed by atoms with E-state index in [2.05, 4.69) is 5.32 Å². The fourth-order valence-electron chi connectivity index (χ4n) is 1.62. The summed E-state index contributed by atoms with van der Waals surface area (Å²) in [4.78, 5) is 12.3. The average Bonchev–Trinajstić information content (AvgIpc) is 2.43. The minimum absolute atomic E-state index is 0.160. The van der Waals surface area contributed by atoms with Gasteiger partial charge in [0, 0.05) is 27.8 Å². The van der Waals surface area contributed by atoms with E-state index < -0.39 is 11.6 Å². The zero-order valence-electron chi connectivity index (χ0n) is 10.9. The van der Waals surface area contributed by atoms with E-state index in [1.807, 2.05) is 0 Å². The number of benzene rings is 2. The number of carbonyl (C=O) groups is 1. The zero-order valence-corrected chi connectivity index (χ0v) is 12.5. The summed E-state index contributed by atoms with van der Waals surface area (Å²) >= 11 is 7.11. The summed E-state index contributed by atoms with van der Waals surface area (Å²) in [5.41, 5.74) is 0.630. The lowest BCUT2D eigenvalue weighted by Gasteiger charge is -2.06. The quantitative estimate of drug-likeness (QED) is 0.804. The summed E-state index contributed by atoms with van der Waals surface area (Å²) in [6.45, 7) is 0. The maximum Gasteiger partial charge on any atom is 0.225 e. The van der Waals surface area contributed by atoms with Crippen molar-refractivity contribution in [1.82, 2.24) is 0 Å². The lowest BCUT2D eigenvalue weighted by molar-refractivity contribution is -0.115. The molecule has 2 nitrogen and oxygen atoms in total. The van der Waals surface area contributed by atoms with Crippen LogP contribution in [0.4, 0.5) is 14.5 Å². The van der Waals surface area contributed by atoms with Crippen LogP contribution in [0.15, 0.2) is 47.4 Å². The van der Waals surface area contributed by atoms with Gasteiger partial charge in [0.05, 0.1) is 0 Å². The van der Waals surface area contributed by atoms with Crippen molar-refractivity contribution in [3.63, 3.8) is 0 Å². The zero-order chi connectivity index (χ0) is 15.2. The number of halogens is 3. The second-order valence-corrected chi connectivity index (χ2v) is 5.84. The van der Waals surface area contributed by atoms with Crippen LogP contribution in [0.2, 0.25) is 5.02 Å². The summed E-state index contributed by atoms with van der Waals surface area (Å²) < 4.78 is 25.8. The first-order valence-electron chi connectivity index (χ1n) is 6.18. The number of amides is 1. The number of nitrogens with one attached hydrogen (secondary N) is 1. The molecule has 0 saturated carbocycles. The Kier molecular flexibility index (Phi) is 5.59. The summed E-state index contributed by atoms with van der Waals surface area (Å²) in [5, 5.41) is 3.26. The Hall–Kier alpha value is -1.59. The highest BCUT2D eigenvalue weighted by atomic mass is 35.5. The van der Waals surface area contributed by atoms with Crippen molar-refractivity contribution >= 4 is 35.0 Å². The molecule has 2 rings (SSSR count). The van der Waals surface area contributed by atoms with Crippen LogP contribution in [-0.4, -0.2) is 11.7 Å². The third-order valence-corrected chi connectivity index (χ3v) is 3.83. The number of anilines is 1. The maximum atomic E-state index is 13.0. The number of hydrogen-bond donors (Lipinski definition) is 1. The lowest BCUT2D eigenvalue weighted by atomic mass is 10.3. The average molecular weight is 328 g/mol. The van der Waals surface area contributed by atoms with E-state index in [0.717, 1.165) is 12.1 Å². The van der Waals surface area contributed by atoms with E-state index in [1.54, 1.807) is 24.3 Å². The summed E-state index contributed by atoms with van der Waals surface area (Å²) in [6, 6.07) is 10.5. The van der Waals surface area contributed by atoms with Gasteiger partial charge in [0.15, 0.2) is 11.6 Å². The van der Waals surface area contributed by atoms with Gasteiger partial charge in [0.2, 0.25) is 5.91 Å². The van der Waals surface area contributed by atoms with Gasteiger partial charge in [-0.25, -0.2) is 8.78 Å². The van der Waals surface area contributed by atoms with Crippen molar-refractivity contribution in [2.45, 2.75) is 11.3 Å². The molecular weight excluding hydrogens is 316 g/mol. The van der Waals surface area contributed by atoms with Gasteiger partial charge in [-0.1, -0.05) is 17.7 Å². The summed E-state index contributed by atoms with van der Waals surface area (Å²) in [5.74, 6) is -1.45. The molecule has 0 bridgehead atoms. The molecule has 0 fully saturated rings. The van der Waals surface area contributed by atoms with Crippen LogP contribution in [0.5, 0.6) is 0 Å². The van der Waals surface area contributed by atoms with Gasteiger partial charge < -0.3 is 5.32 Å². The van der Waals surface area contributed by atoms with Crippen LogP contribution in [-0.2, 0) is 4.79 Å². The van der Waals surface area contributed by atoms with Crippen LogP contribution in [0.1, 0.15) is 6.42 Å². The van der Waals surface area contributed by atoms with Crippen LogP contribution in [0.25, 0.3) is 0 Å². The highest BCUT2D eigenvalue weighted by Gasteiger charge is 2.06. The molecular formula is C15H12ClF2NOS. The monoisotopic (exact) mass is 327 g/mol. The molecule has 0 atom stereocenters. The van der Waals surface area contributed by atoms with Crippen molar-refractivity contribution < 1.29 is 13.6 Å². The predicted octanol–water partition coefficient (Wildman–Crippen LogP) is 4.74. The van der Waals surface area contributed by atoms with Crippen LogP contribution >= 0.6 is 23.4 Å². The smallest absolute Gasteiger partial charge is 0.225 e. The normalized spacial score (nSPS) is 10.4. The van der Waals surface area contributed by atoms with E-state index in [0.29, 0.717) is 21.4 Å². The van der Waals surface area contributed by atoms with Crippen molar-refractivity contribution in [3.05, 3.63) is 59.1 Å². The Labute approximate surface area is 130 Å². The number of thioether (sulfide) groups is 1. The van der Waals surface area contributed by atoms with Gasteiger partial charge in [0.25, 0.3) is 0 Å². The molecule has 2 aromatic carbocycles. The topological polar surface area (TPSA) is 29.1 Å². The Balaban J connectivity index is 1.80. The molecule has 0 aliphatic heterocycles. The van der Waals surface area contributed by atoms with Crippen LogP contribution < -0.4 is 5.32 Å². The lowest BCUT2D eigenvalue weighted by Crippen LogP contribution is -2.12. The number of hydrogen-bond acceptors (Lipinski definition) is 2. The van der Waals surface area contributed by atoms with Gasteiger partial charge in [-0.3, -0.25) is 4.79 Å². The van der Waals surface area contributed by atoms with Crippen LogP contribution in [0, 0.1) is 11.6 Å². The molecule has 0 heterocycles. The highest BCUT2D eigenvalue weighted by Crippen LogP contribution is 2.21. The molecule has 0 saturated heterocycles. The molecule has 0 aliphatic carbocycles. The highest BCUT2D eigenvalue weighted by molar-refractivity contribution is 7.99. The second kappa shape index (κ2) is 7.43. The molecule has 0 unspecified atom stereocenters. The van der Waals surface area contributed by atoms with Crippen molar-refractivity contribution in [2.24, 2.45) is 0 Å². The minimum Gasteiger partial charge on any atom is -0.326 e. The summed E-state index contributed by atoms with van der Waals surface area (Å²) in [6.07, 6.45) is 0.260. The van der Waals surface area contributed by atoms with E-state index in [4.69, 9.17) is 11.6 Å². The molecule has 6 heteroatoms.